The van der Waals surface area contributed by atoms with Gasteiger partial charge >= 0.3 is 0 Å². The summed E-state index contributed by atoms with van der Waals surface area (Å²) in [5.41, 5.74) is 0. The van der Waals surface area contributed by atoms with Crippen molar-refractivity contribution < 1.29 is 0 Å². The second-order valence-electron chi connectivity index (χ2n) is 4.66. The zero-order chi connectivity index (χ0) is 9.84. The highest BCUT2D eigenvalue weighted by molar-refractivity contribution is 4.80. The van der Waals surface area contributed by atoms with Gasteiger partial charge in [-0.2, -0.15) is 0 Å². The normalized spacial score (nSPS) is 21.9. The molecule has 0 bridgehead atoms. The SMILES string of the molecule is CNCC(C)C(C)N(C)CC1CC1. The van der Waals surface area contributed by atoms with Gasteiger partial charge in [-0.05, 0) is 52.2 Å². The van der Waals surface area contributed by atoms with Crippen molar-refractivity contribution in [2.24, 2.45) is 11.8 Å². The second kappa shape index (κ2) is 4.97. The first kappa shape index (κ1) is 11.0. The molecule has 1 saturated carbocycles. The molecule has 0 aromatic heterocycles. The van der Waals surface area contributed by atoms with Gasteiger partial charge in [0.1, 0.15) is 0 Å². The van der Waals surface area contributed by atoms with Gasteiger partial charge in [0, 0.05) is 12.6 Å². The number of hydrogen-bond donors (Lipinski definition) is 1. The Morgan fingerprint density at radius 3 is 2.46 bits per heavy atom. The number of hydrogen-bond acceptors (Lipinski definition) is 2. The Morgan fingerprint density at radius 2 is 2.00 bits per heavy atom. The number of nitrogens with zero attached hydrogens (tertiary/aromatic N) is 1. The third-order valence-electron chi connectivity index (χ3n) is 3.29. The van der Waals surface area contributed by atoms with Crippen molar-refractivity contribution in [2.45, 2.75) is 32.7 Å². The summed E-state index contributed by atoms with van der Waals surface area (Å²) in [6, 6.07) is 0.702. The van der Waals surface area contributed by atoms with Gasteiger partial charge in [0.15, 0.2) is 0 Å². The first-order chi connectivity index (χ1) is 6.15. The maximum absolute atomic E-state index is 3.25. The molecule has 0 aromatic rings. The summed E-state index contributed by atoms with van der Waals surface area (Å²) in [5, 5.41) is 3.25. The Bertz CT molecular complexity index is 143. The van der Waals surface area contributed by atoms with Gasteiger partial charge in [-0.25, -0.2) is 0 Å². The molecule has 0 radical (unpaired) electrons. The first-order valence-corrected chi connectivity index (χ1v) is 5.50. The van der Waals surface area contributed by atoms with E-state index in [4.69, 9.17) is 0 Å². The summed E-state index contributed by atoms with van der Waals surface area (Å²) in [6.45, 7) is 7.08. The minimum atomic E-state index is 0.702. The molecule has 0 aromatic carbocycles. The predicted octanol–water partition coefficient (Wildman–Crippen LogP) is 1.57. The highest BCUT2D eigenvalue weighted by Gasteiger charge is 2.26. The van der Waals surface area contributed by atoms with Crippen molar-refractivity contribution in [1.29, 1.82) is 0 Å². The molecule has 1 aliphatic carbocycles. The van der Waals surface area contributed by atoms with Crippen LogP contribution in [0.3, 0.4) is 0 Å². The maximum Gasteiger partial charge on any atom is 0.0102 e. The smallest absolute Gasteiger partial charge is 0.0102 e. The van der Waals surface area contributed by atoms with Gasteiger partial charge in [-0.3, -0.25) is 0 Å². The fourth-order valence-electron chi connectivity index (χ4n) is 1.80. The fourth-order valence-corrected chi connectivity index (χ4v) is 1.80. The standard InChI is InChI=1S/C11H24N2/c1-9(7-12-3)10(2)13(4)8-11-5-6-11/h9-12H,5-8H2,1-4H3. The van der Waals surface area contributed by atoms with Crippen LogP contribution in [0.1, 0.15) is 26.7 Å². The molecular formula is C11H24N2. The van der Waals surface area contributed by atoms with Crippen molar-refractivity contribution in [3.8, 4) is 0 Å². The minimum absolute atomic E-state index is 0.702. The summed E-state index contributed by atoms with van der Waals surface area (Å²) in [4.78, 5) is 2.51. The molecule has 13 heavy (non-hydrogen) atoms. The molecule has 1 aliphatic rings. The summed E-state index contributed by atoms with van der Waals surface area (Å²) in [5.74, 6) is 1.75. The van der Waals surface area contributed by atoms with Gasteiger partial charge < -0.3 is 10.2 Å². The molecular weight excluding hydrogens is 160 g/mol. The lowest BCUT2D eigenvalue weighted by Crippen LogP contribution is -2.39. The third kappa shape index (κ3) is 3.65. The Labute approximate surface area is 82.7 Å². The van der Waals surface area contributed by atoms with E-state index in [9.17, 15) is 0 Å². The van der Waals surface area contributed by atoms with Crippen molar-refractivity contribution in [1.82, 2.24) is 10.2 Å². The van der Waals surface area contributed by atoms with E-state index in [2.05, 4.69) is 31.1 Å². The van der Waals surface area contributed by atoms with Crippen LogP contribution in [0.15, 0.2) is 0 Å². The molecule has 0 heterocycles. The molecule has 78 valence electrons. The zero-order valence-electron chi connectivity index (χ0n) is 9.51. The molecule has 2 atom stereocenters. The number of rotatable bonds is 6. The van der Waals surface area contributed by atoms with E-state index in [0.29, 0.717) is 6.04 Å². The molecule has 2 unspecified atom stereocenters. The Kier molecular flexibility index (Phi) is 4.20. The van der Waals surface area contributed by atoms with E-state index in [1.54, 1.807) is 0 Å². The average molecular weight is 184 g/mol. The van der Waals surface area contributed by atoms with E-state index in [0.717, 1.165) is 18.4 Å². The lowest BCUT2D eigenvalue weighted by atomic mass is 10.0. The highest BCUT2D eigenvalue weighted by atomic mass is 15.1. The van der Waals surface area contributed by atoms with Gasteiger partial charge in [0.2, 0.25) is 0 Å². The van der Waals surface area contributed by atoms with Crippen LogP contribution in [-0.4, -0.2) is 38.1 Å². The fraction of sp³-hybridized carbons (Fsp3) is 1.00. The molecule has 0 amide bonds. The average Bonchev–Trinajstić information content (AvgIpc) is 2.87. The van der Waals surface area contributed by atoms with Crippen LogP contribution < -0.4 is 5.32 Å². The molecule has 1 rings (SSSR count). The Morgan fingerprint density at radius 1 is 1.38 bits per heavy atom. The van der Waals surface area contributed by atoms with Crippen LogP contribution >= 0.6 is 0 Å². The van der Waals surface area contributed by atoms with Crippen LogP contribution in [0.4, 0.5) is 0 Å². The van der Waals surface area contributed by atoms with E-state index >= 15 is 0 Å². The van der Waals surface area contributed by atoms with Crippen LogP contribution in [0.2, 0.25) is 0 Å². The quantitative estimate of drug-likeness (QED) is 0.674. The van der Waals surface area contributed by atoms with Crippen LogP contribution in [0.25, 0.3) is 0 Å². The Balaban J connectivity index is 2.21. The second-order valence-corrected chi connectivity index (χ2v) is 4.66. The summed E-state index contributed by atoms with van der Waals surface area (Å²) in [6.07, 6.45) is 2.91. The highest BCUT2D eigenvalue weighted by Crippen LogP contribution is 2.30. The minimum Gasteiger partial charge on any atom is -0.319 e. The van der Waals surface area contributed by atoms with Gasteiger partial charge in [-0.1, -0.05) is 6.92 Å². The van der Waals surface area contributed by atoms with Crippen molar-refractivity contribution in [3.63, 3.8) is 0 Å². The molecule has 0 aliphatic heterocycles. The van der Waals surface area contributed by atoms with Crippen molar-refractivity contribution in [2.75, 3.05) is 27.2 Å². The predicted molar refractivity (Wildman–Crippen MR) is 57.9 cm³/mol. The van der Waals surface area contributed by atoms with Crippen LogP contribution in [0.5, 0.6) is 0 Å². The van der Waals surface area contributed by atoms with Crippen molar-refractivity contribution in [3.05, 3.63) is 0 Å². The lowest BCUT2D eigenvalue weighted by Gasteiger charge is -2.29. The van der Waals surface area contributed by atoms with E-state index < -0.39 is 0 Å². The molecule has 1 fully saturated rings. The largest absolute Gasteiger partial charge is 0.319 e. The van der Waals surface area contributed by atoms with E-state index in [1.165, 1.54) is 19.4 Å². The van der Waals surface area contributed by atoms with E-state index in [1.807, 2.05) is 7.05 Å². The first-order valence-electron chi connectivity index (χ1n) is 5.50. The van der Waals surface area contributed by atoms with Gasteiger partial charge in [0.25, 0.3) is 0 Å². The molecule has 0 spiro atoms. The van der Waals surface area contributed by atoms with Crippen LogP contribution in [0, 0.1) is 11.8 Å². The maximum atomic E-state index is 3.25. The van der Waals surface area contributed by atoms with Crippen molar-refractivity contribution >= 4 is 0 Å². The molecule has 2 nitrogen and oxygen atoms in total. The summed E-state index contributed by atoms with van der Waals surface area (Å²) < 4.78 is 0. The van der Waals surface area contributed by atoms with Gasteiger partial charge in [0.05, 0.1) is 0 Å². The molecule has 1 N–H and O–H groups in total. The summed E-state index contributed by atoms with van der Waals surface area (Å²) in [7, 11) is 4.29. The monoisotopic (exact) mass is 184 g/mol. The molecule has 0 saturated heterocycles. The third-order valence-corrected chi connectivity index (χ3v) is 3.29. The Hall–Kier alpha value is -0.0800. The van der Waals surface area contributed by atoms with Gasteiger partial charge in [-0.15, -0.1) is 0 Å². The summed E-state index contributed by atoms with van der Waals surface area (Å²) >= 11 is 0. The number of nitrogens with one attached hydrogen (secondary N) is 1. The van der Waals surface area contributed by atoms with Crippen LogP contribution in [-0.2, 0) is 0 Å². The zero-order valence-corrected chi connectivity index (χ0v) is 9.51. The topological polar surface area (TPSA) is 15.3 Å². The van der Waals surface area contributed by atoms with E-state index in [-0.39, 0.29) is 0 Å². The molecule has 2 heteroatoms. The lowest BCUT2D eigenvalue weighted by molar-refractivity contribution is 0.190.